The van der Waals surface area contributed by atoms with Gasteiger partial charge >= 0.3 is 0 Å². The van der Waals surface area contributed by atoms with Crippen molar-refractivity contribution in [2.45, 2.75) is 64.4 Å². The first-order valence-electron chi connectivity index (χ1n) is 9.03. The predicted octanol–water partition coefficient (Wildman–Crippen LogP) is 5.76. The van der Waals surface area contributed by atoms with Crippen molar-refractivity contribution < 1.29 is 4.74 Å². The van der Waals surface area contributed by atoms with Gasteiger partial charge in [0.15, 0.2) is 0 Å². The SMILES string of the molecule is CCCC1CCC([C@H]2CC[C@H](c3ccccc3)OC2)CC1. The van der Waals surface area contributed by atoms with E-state index in [4.69, 9.17) is 4.74 Å². The molecule has 1 heterocycles. The molecule has 1 saturated heterocycles. The summed E-state index contributed by atoms with van der Waals surface area (Å²) in [5, 5.41) is 0. The Hall–Kier alpha value is -0.820. The van der Waals surface area contributed by atoms with Crippen LogP contribution in [0.4, 0.5) is 0 Å². The minimum atomic E-state index is 0.346. The second-order valence-electron chi connectivity index (χ2n) is 7.14. The number of hydrogen-bond donors (Lipinski definition) is 0. The van der Waals surface area contributed by atoms with Gasteiger partial charge in [0.05, 0.1) is 12.7 Å². The minimum Gasteiger partial charge on any atom is -0.373 e. The molecular formula is C20H30O. The van der Waals surface area contributed by atoms with Gasteiger partial charge in [-0.15, -0.1) is 0 Å². The average Bonchev–Trinajstić information content (AvgIpc) is 2.57. The Morgan fingerprint density at radius 2 is 1.62 bits per heavy atom. The highest BCUT2D eigenvalue weighted by Crippen LogP contribution is 2.41. The van der Waals surface area contributed by atoms with Crippen molar-refractivity contribution in [3.63, 3.8) is 0 Å². The van der Waals surface area contributed by atoms with Crippen LogP contribution < -0.4 is 0 Å². The summed E-state index contributed by atoms with van der Waals surface area (Å²) in [5.41, 5.74) is 1.36. The second kappa shape index (κ2) is 7.45. The highest BCUT2D eigenvalue weighted by Gasteiger charge is 2.31. The van der Waals surface area contributed by atoms with E-state index in [2.05, 4.69) is 37.3 Å². The molecule has 1 aliphatic carbocycles. The first kappa shape index (κ1) is 15.1. The largest absolute Gasteiger partial charge is 0.373 e. The molecule has 0 aromatic heterocycles. The summed E-state index contributed by atoms with van der Waals surface area (Å²) in [6.45, 7) is 3.31. The number of rotatable bonds is 4. The van der Waals surface area contributed by atoms with Gasteiger partial charge in [0.1, 0.15) is 0 Å². The van der Waals surface area contributed by atoms with E-state index < -0.39 is 0 Å². The van der Waals surface area contributed by atoms with E-state index in [9.17, 15) is 0 Å². The molecule has 3 rings (SSSR count). The van der Waals surface area contributed by atoms with E-state index in [0.717, 1.165) is 24.4 Å². The van der Waals surface area contributed by atoms with Gasteiger partial charge < -0.3 is 4.74 Å². The molecule has 0 radical (unpaired) electrons. The standard InChI is InChI=1S/C20H30O/c1-2-6-16-9-11-17(12-10-16)19-13-14-20(21-15-19)18-7-4-3-5-8-18/h3-5,7-8,16-17,19-20H,2,6,9-15H2,1H3/t16?,17?,19-,20+/m0/s1. The monoisotopic (exact) mass is 286 g/mol. The lowest BCUT2D eigenvalue weighted by Gasteiger charge is -2.38. The van der Waals surface area contributed by atoms with Crippen LogP contribution in [-0.4, -0.2) is 6.61 Å². The zero-order valence-corrected chi connectivity index (χ0v) is 13.5. The molecule has 1 nitrogen and oxygen atoms in total. The van der Waals surface area contributed by atoms with E-state index in [1.165, 1.54) is 56.9 Å². The van der Waals surface area contributed by atoms with Gasteiger partial charge in [-0.25, -0.2) is 0 Å². The predicted molar refractivity (Wildman–Crippen MR) is 88.2 cm³/mol. The van der Waals surface area contributed by atoms with E-state index in [1.807, 2.05) is 0 Å². The molecule has 1 aromatic carbocycles. The van der Waals surface area contributed by atoms with Gasteiger partial charge in [-0.3, -0.25) is 0 Å². The van der Waals surface area contributed by atoms with Crippen molar-refractivity contribution in [3.8, 4) is 0 Å². The van der Waals surface area contributed by atoms with E-state index in [-0.39, 0.29) is 0 Å². The lowest BCUT2D eigenvalue weighted by molar-refractivity contribution is -0.0404. The molecule has 0 N–H and O–H groups in total. The van der Waals surface area contributed by atoms with E-state index in [1.54, 1.807) is 0 Å². The molecule has 0 spiro atoms. The second-order valence-corrected chi connectivity index (χ2v) is 7.14. The average molecular weight is 286 g/mol. The molecule has 1 saturated carbocycles. The zero-order valence-electron chi connectivity index (χ0n) is 13.5. The van der Waals surface area contributed by atoms with Crippen LogP contribution in [0.25, 0.3) is 0 Å². The smallest absolute Gasteiger partial charge is 0.0825 e. The summed E-state index contributed by atoms with van der Waals surface area (Å²) in [4.78, 5) is 0. The number of hydrogen-bond acceptors (Lipinski definition) is 1. The summed E-state index contributed by atoms with van der Waals surface area (Å²) in [5.74, 6) is 2.79. The Morgan fingerprint density at radius 1 is 0.905 bits per heavy atom. The van der Waals surface area contributed by atoms with Crippen LogP contribution in [0.15, 0.2) is 30.3 Å². The molecular weight excluding hydrogens is 256 g/mol. The van der Waals surface area contributed by atoms with Gasteiger partial charge in [0.2, 0.25) is 0 Å². The summed E-state index contributed by atoms with van der Waals surface area (Å²) in [6.07, 6.45) is 11.6. The molecule has 0 unspecified atom stereocenters. The van der Waals surface area contributed by atoms with Crippen molar-refractivity contribution in [1.29, 1.82) is 0 Å². The first-order chi connectivity index (χ1) is 10.4. The Kier molecular flexibility index (Phi) is 5.35. The zero-order chi connectivity index (χ0) is 14.5. The number of benzene rings is 1. The van der Waals surface area contributed by atoms with Gasteiger partial charge in [-0.05, 0) is 49.0 Å². The van der Waals surface area contributed by atoms with Gasteiger partial charge in [0, 0.05) is 0 Å². The van der Waals surface area contributed by atoms with Gasteiger partial charge in [0.25, 0.3) is 0 Å². The third-order valence-corrected chi connectivity index (χ3v) is 5.74. The van der Waals surface area contributed by atoms with Crippen LogP contribution in [0, 0.1) is 17.8 Å². The first-order valence-corrected chi connectivity index (χ1v) is 9.03. The highest BCUT2D eigenvalue weighted by atomic mass is 16.5. The summed E-state index contributed by atoms with van der Waals surface area (Å²) in [7, 11) is 0. The Balaban J connectivity index is 1.46. The normalized spacial score (nSPS) is 33.8. The number of ether oxygens (including phenoxy) is 1. The fourth-order valence-electron chi connectivity index (χ4n) is 4.43. The van der Waals surface area contributed by atoms with Gasteiger partial charge in [-0.1, -0.05) is 62.9 Å². The lowest BCUT2D eigenvalue weighted by Crippen LogP contribution is -2.29. The van der Waals surface area contributed by atoms with Crippen LogP contribution in [0.1, 0.15) is 70.0 Å². The Bertz CT molecular complexity index is 397. The molecule has 1 aromatic rings. The summed E-state index contributed by atoms with van der Waals surface area (Å²) >= 11 is 0. The minimum absolute atomic E-state index is 0.346. The fourth-order valence-corrected chi connectivity index (χ4v) is 4.43. The molecule has 21 heavy (non-hydrogen) atoms. The van der Waals surface area contributed by atoms with Gasteiger partial charge in [-0.2, -0.15) is 0 Å². The lowest BCUT2D eigenvalue weighted by atomic mass is 9.73. The molecule has 2 atom stereocenters. The van der Waals surface area contributed by atoms with Crippen molar-refractivity contribution in [2.24, 2.45) is 17.8 Å². The van der Waals surface area contributed by atoms with Crippen molar-refractivity contribution >= 4 is 0 Å². The van der Waals surface area contributed by atoms with Crippen LogP contribution in [-0.2, 0) is 4.74 Å². The molecule has 2 fully saturated rings. The topological polar surface area (TPSA) is 9.23 Å². The van der Waals surface area contributed by atoms with Crippen molar-refractivity contribution in [2.75, 3.05) is 6.61 Å². The maximum atomic E-state index is 6.20. The molecule has 1 aliphatic heterocycles. The molecule has 1 heteroatoms. The molecule has 116 valence electrons. The van der Waals surface area contributed by atoms with Crippen LogP contribution >= 0.6 is 0 Å². The highest BCUT2D eigenvalue weighted by molar-refractivity contribution is 5.17. The van der Waals surface area contributed by atoms with E-state index >= 15 is 0 Å². The quantitative estimate of drug-likeness (QED) is 0.683. The third kappa shape index (κ3) is 3.88. The van der Waals surface area contributed by atoms with Crippen molar-refractivity contribution in [1.82, 2.24) is 0 Å². The maximum absolute atomic E-state index is 6.20. The molecule has 2 aliphatic rings. The Morgan fingerprint density at radius 3 is 2.24 bits per heavy atom. The van der Waals surface area contributed by atoms with E-state index in [0.29, 0.717) is 6.10 Å². The maximum Gasteiger partial charge on any atom is 0.0825 e. The van der Waals surface area contributed by atoms with Crippen LogP contribution in [0.3, 0.4) is 0 Å². The summed E-state index contributed by atoms with van der Waals surface area (Å²) < 4.78 is 6.20. The fraction of sp³-hybridized carbons (Fsp3) is 0.700. The Labute approximate surface area is 130 Å². The third-order valence-electron chi connectivity index (χ3n) is 5.74. The van der Waals surface area contributed by atoms with Crippen LogP contribution in [0.2, 0.25) is 0 Å². The summed E-state index contributed by atoms with van der Waals surface area (Å²) in [6, 6.07) is 10.8. The van der Waals surface area contributed by atoms with Crippen molar-refractivity contribution in [3.05, 3.63) is 35.9 Å². The molecule has 0 amide bonds. The van der Waals surface area contributed by atoms with Crippen LogP contribution in [0.5, 0.6) is 0 Å². The molecule has 0 bridgehead atoms.